The molecule has 0 aliphatic heterocycles. The van der Waals surface area contributed by atoms with Crippen LogP contribution in [-0.4, -0.2) is 58.1 Å². The molecule has 0 unspecified atom stereocenters. The molecule has 2 aromatic carbocycles. The van der Waals surface area contributed by atoms with Gasteiger partial charge in [0.15, 0.2) is 0 Å². The summed E-state index contributed by atoms with van der Waals surface area (Å²) >= 11 is 7.61. The maximum atomic E-state index is 14.9. The van der Waals surface area contributed by atoms with Crippen LogP contribution < -0.4 is 20.5 Å². The molecule has 1 aliphatic rings. The number of pyridine rings is 1. The van der Waals surface area contributed by atoms with Crippen molar-refractivity contribution in [2.75, 3.05) is 20.3 Å². The smallest absolute Gasteiger partial charge is 0.424 e. The number of hydrogen-bond donors (Lipinski definition) is 3. The number of carbonyl (C=O) groups is 2. The summed E-state index contributed by atoms with van der Waals surface area (Å²) in [5.74, 6) is -1.43. The van der Waals surface area contributed by atoms with Crippen molar-refractivity contribution in [2.45, 2.75) is 44.0 Å². The minimum Gasteiger partial charge on any atom is -0.494 e. The minimum atomic E-state index is -5.32. The molecule has 1 aliphatic carbocycles. The Kier molecular flexibility index (Phi) is 8.53. The van der Waals surface area contributed by atoms with Gasteiger partial charge in [-0.15, -0.1) is 11.3 Å². The van der Waals surface area contributed by atoms with Crippen LogP contribution in [0.4, 0.5) is 13.2 Å². The average Bonchev–Trinajstić information content (AvgIpc) is 3.63. The second-order valence-corrected chi connectivity index (χ2v) is 12.5. The zero-order valence-corrected chi connectivity index (χ0v) is 26.7. The van der Waals surface area contributed by atoms with Gasteiger partial charge < -0.3 is 25.6 Å². The highest BCUT2D eigenvalue weighted by Crippen LogP contribution is 2.45. The normalized spacial score (nSPS) is 14.7. The lowest BCUT2D eigenvalue weighted by Gasteiger charge is -2.31. The predicted octanol–water partition coefficient (Wildman–Crippen LogP) is 5.92. The Morgan fingerprint density at radius 3 is 2.66 bits per heavy atom. The van der Waals surface area contributed by atoms with E-state index < -0.39 is 42.3 Å². The van der Waals surface area contributed by atoms with E-state index in [2.05, 4.69) is 15.4 Å². The summed E-state index contributed by atoms with van der Waals surface area (Å²) in [6.07, 6.45) is -2.13. The van der Waals surface area contributed by atoms with Gasteiger partial charge in [0.2, 0.25) is 11.5 Å². The van der Waals surface area contributed by atoms with E-state index in [1.807, 2.05) is 0 Å². The Morgan fingerprint density at radius 1 is 1.23 bits per heavy atom. The van der Waals surface area contributed by atoms with Crippen molar-refractivity contribution in [2.24, 2.45) is 5.73 Å². The van der Waals surface area contributed by atoms with Gasteiger partial charge in [0, 0.05) is 39.0 Å². The number of amides is 2. The maximum Gasteiger partial charge on any atom is 0.424 e. The molecular weight excluding hydrogens is 659 g/mol. The highest BCUT2D eigenvalue weighted by molar-refractivity contribution is 7.18. The summed E-state index contributed by atoms with van der Waals surface area (Å²) in [6.45, 7) is 0.457. The monoisotopic (exact) mass is 687 g/mol. The second kappa shape index (κ2) is 12.3. The van der Waals surface area contributed by atoms with Crippen LogP contribution in [0.25, 0.3) is 32.2 Å². The number of halogens is 4. The highest BCUT2D eigenvalue weighted by Gasteiger charge is 2.57. The van der Waals surface area contributed by atoms with E-state index in [0.717, 1.165) is 18.9 Å². The molecule has 47 heavy (non-hydrogen) atoms. The van der Waals surface area contributed by atoms with Crippen LogP contribution in [0, 0.1) is 0 Å². The molecule has 10 nitrogen and oxygen atoms in total. The first-order chi connectivity index (χ1) is 22.3. The summed E-state index contributed by atoms with van der Waals surface area (Å²) in [6, 6.07) is 9.13. The number of hydrogen-bond acceptors (Lipinski definition) is 8. The fourth-order valence-electron chi connectivity index (χ4n) is 5.39. The standard InChI is InChI=1S/C32H29ClF3N5O5S/c1-3-46-28-16(12-25(37)42)11-24(39-27(28)21-14-47-29-20(21)5-4-6-22(29)33)31(44,32(34,35)36)15-38-30(43)17-9-18-13-41(19-7-8-19)40-26(18)23(10-17)45-2/h4-6,9-11,13-14,19,44H,3,7-8,12,15H2,1-2H3,(H2,37,42)(H,38,43)/t31-/m0/s1. The third-order valence-corrected chi connectivity index (χ3v) is 9.36. The Morgan fingerprint density at radius 2 is 2.00 bits per heavy atom. The first kappa shape index (κ1) is 32.5. The molecule has 1 atom stereocenters. The molecule has 0 bridgehead atoms. The number of methoxy groups -OCH3 is 1. The number of benzene rings is 2. The molecule has 1 fully saturated rings. The number of aliphatic hydroxyl groups is 1. The van der Waals surface area contributed by atoms with Crippen molar-refractivity contribution in [3.8, 4) is 22.8 Å². The van der Waals surface area contributed by atoms with Crippen molar-refractivity contribution in [1.82, 2.24) is 20.1 Å². The third-order valence-electron chi connectivity index (χ3n) is 7.90. The van der Waals surface area contributed by atoms with Crippen LogP contribution in [0.1, 0.15) is 47.4 Å². The fraction of sp³-hybridized carbons (Fsp3) is 0.312. The lowest BCUT2D eigenvalue weighted by molar-refractivity contribution is -0.265. The van der Waals surface area contributed by atoms with Crippen molar-refractivity contribution in [1.29, 1.82) is 0 Å². The van der Waals surface area contributed by atoms with Crippen LogP contribution in [-0.2, 0) is 16.8 Å². The van der Waals surface area contributed by atoms with E-state index in [1.165, 1.54) is 30.6 Å². The lowest BCUT2D eigenvalue weighted by atomic mass is 9.93. The zero-order valence-electron chi connectivity index (χ0n) is 25.2. The number of nitrogens with two attached hydrogens (primary N) is 1. The molecule has 246 valence electrons. The van der Waals surface area contributed by atoms with Gasteiger partial charge in [-0.05, 0) is 44.0 Å². The molecule has 6 rings (SSSR count). The molecule has 0 saturated heterocycles. The number of rotatable bonds is 11. The van der Waals surface area contributed by atoms with Gasteiger partial charge in [0.25, 0.3) is 5.91 Å². The number of fused-ring (bicyclic) bond motifs is 2. The largest absolute Gasteiger partial charge is 0.494 e. The molecule has 2 amide bonds. The van der Waals surface area contributed by atoms with E-state index in [-0.39, 0.29) is 41.0 Å². The predicted molar refractivity (Wildman–Crippen MR) is 171 cm³/mol. The quantitative estimate of drug-likeness (QED) is 0.157. The number of ether oxygens (including phenoxy) is 2. The van der Waals surface area contributed by atoms with E-state index in [0.29, 0.717) is 31.6 Å². The Labute approximate surface area is 275 Å². The van der Waals surface area contributed by atoms with Crippen molar-refractivity contribution in [3.63, 3.8) is 0 Å². The van der Waals surface area contributed by atoms with Gasteiger partial charge in [-0.1, -0.05) is 23.7 Å². The van der Waals surface area contributed by atoms with Crippen LogP contribution in [0.2, 0.25) is 5.02 Å². The molecule has 4 N–H and O–H groups in total. The highest BCUT2D eigenvalue weighted by atomic mass is 35.5. The topological polar surface area (TPSA) is 142 Å². The molecule has 0 radical (unpaired) electrons. The van der Waals surface area contributed by atoms with E-state index in [9.17, 15) is 27.9 Å². The molecule has 3 heterocycles. The van der Waals surface area contributed by atoms with Crippen molar-refractivity contribution >= 4 is 55.7 Å². The molecular formula is C32H29ClF3N5O5S. The van der Waals surface area contributed by atoms with Gasteiger partial charge in [0.05, 0.1) is 48.1 Å². The van der Waals surface area contributed by atoms with Gasteiger partial charge >= 0.3 is 6.18 Å². The Hall–Kier alpha value is -4.40. The number of thiophene rings is 1. The van der Waals surface area contributed by atoms with Crippen LogP contribution in [0.15, 0.2) is 48.0 Å². The molecule has 5 aromatic rings. The summed E-state index contributed by atoms with van der Waals surface area (Å²) in [7, 11) is 1.40. The second-order valence-electron chi connectivity index (χ2n) is 11.2. The summed E-state index contributed by atoms with van der Waals surface area (Å²) in [5.41, 5.74) is 1.75. The summed E-state index contributed by atoms with van der Waals surface area (Å²) in [4.78, 5) is 29.7. The van der Waals surface area contributed by atoms with Crippen molar-refractivity contribution in [3.05, 3.63) is 69.8 Å². The Bertz CT molecular complexity index is 2030. The molecule has 1 saturated carbocycles. The number of nitrogens with one attached hydrogen (secondary N) is 1. The number of carbonyl (C=O) groups excluding carboxylic acids is 2. The first-order valence-electron chi connectivity index (χ1n) is 14.6. The van der Waals surface area contributed by atoms with Gasteiger partial charge in [-0.3, -0.25) is 14.3 Å². The SMILES string of the molecule is CCOc1c(CC(N)=O)cc([C@@](O)(CNC(=O)c2cc(OC)c3nn(C4CC4)cc3c2)C(F)(F)F)nc1-c1csc2c(Cl)cccc12. The van der Waals surface area contributed by atoms with Crippen molar-refractivity contribution < 1.29 is 37.3 Å². The maximum absolute atomic E-state index is 14.9. The van der Waals surface area contributed by atoms with Gasteiger partial charge in [-0.2, -0.15) is 18.3 Å². The van der Waals surface area contributed by atoms with Crippen LogP contribution in [0.5, 0.6) is 11.5 Å². The van der Waals surface area contributed by atoms with E-state index >= 15 is 0 Å². The number of primary amides is 1. The zero-order chi connectivity index (χ0) is 33.7. The summed E-state index contributed by atoms with van der Waals surface area (Å²) < 4.78 is 58.3. The number of nitrogens with zero attached hydrogens (tertiary/aromatic N) is 3. The van der Waals surface area contributed by atoms with Gasteiger partial charge in [-0.25, -0.2) is 4.98 Å². The molecule has 15 heteroatoms. The lowest BCUT2D eigenvalue weighted by Crippen LogP contribution is -2.51. The number of aromatic nitrogens is 3. The van der Waals surface area contributed by atoms with E-state index in [1.54, 1.807) is 41.4 Å². The fourth-order valence-corrected chi connectivity index (χ4v) is 6.66. The molecule has 3 aromatic heterocycles. The van der Waals surface area contributed by atoms with E-state index in [4.69, 9.17) is 26.8 Å². The Balaban J connectivity index is 1.43. The average molecular weight is 688 g/mol. The van der Waals surface area contributed by atoms with Crippen LogP contribution in [0.3, 0.4) is 0 Å². The first-order valence-corrected chi connectivity index (χ1v) is 15.9. The van der Waals surface area contributed by atoms with Gasteiger partial charge in [0.1, 0.15) is 22.7 Å². The summed E-state index contributed by atoms with van der Waals surface area (Å²) in [5, 5.41) is 21.4. The third kappa shape index (κ3) is 6.08. The minimum absolute atomic E-state index is 0.00519. The van der Waals surface area contributed by atoms with Crippen LogP contribution >= 0.6 is 22.9 Å². The molecule has 0 spiro atoms. The number of alkyl halides is 3.